The zero-order valence-corrected chi connectivity index (χ0v) is 25.2. The second-order valence-corrected chi connectivity index (χ2v) is 11.0. The molecular weight excluding hydrogens is 569 g/mol. The molecule has 0 spiro atoms. The Kier molecular flexibility index (Phi) is 8.99. The summed E-state index contributed by atoms with van der Waals surface area (Å²) in [6.07, 6.45) is -4.57. The van der Waals surface area contributed by atoms with E-state index in [2.05, 4.69) is 10.6 Å². The van der Waals surface area contributed by atoms with Crippen molar-refractivity contribution in [2.45, 2.75) is 46.7 Å². The molecule has 0 fully saturated rings. The van der Waals surface area contributed by atoms with Gasteiger partial charge in [-0.2, -0.15) is 13.2 Å². The predicted octanol–water partition coefficient (Wildman–Crippen LogP) is 7.90. The first kappa shape index (κ1) is 32.0. The maximum absolute atomic E-state index is 14.7. The summed E-state index contributed by atoms with van der Waals surface area (Å²) in [6, 6.07) is 17.3. The van der Waals surface area contributed by atoms with Crippen molar-refractivity contribution >= 4 is 23.5 Å². The summed E-state index contributed by atoms with van der Waals surface area (Å²) < 4.78 is 44.1. The number of halogens is 3. The van der Waals surface area contributed by atoms with E-state index < -0.39 is 24.0 Å². The molecule has 0 aliphatic carbocycles. The predicted molar refractivity (Wildman–Crippen MR) is 165 cm³/mol. The van der Waals surface area contributed by atoms with Gasteiger partial charge >= 0.3 is 12.1 Å². The van der Waals surface area contributed by atoms with Gasteiger partial charge in [-0.15, -0.1) is 0 Å². The van der Waals surface area contributed by atoms with Gasteiger partial charge < -0.3 is 15.7 Å². The largest absolute Gasteiger partial charge is 0.478 e. The van der Waals surface area contributed by atoms with Crippen LogP contribution in [0.3, 0.4) is 0 Å². The van der Waals surface area contributed by atoms with E-state index in [0.717, 1.165) is 5.56 Å². The fraction of sp³-hybridized carbons (Fsp3) is 0.229. The van der Waals surface area contributed by atoms with Crippen LogP contribution in [-0.2, 0) is 0 Å². The molecule has 6 nitrogen and oxygen atoms in total. The number of alkyl halides is 3. The van der Waals surface area contributed by atoms with Crippen LogP contribution in [0.2, 0.25) is 0 Å². The monoisotopic (exact) mass is 602 g/mol. The molecule has 0 saturated carbocycles. The molecule has 4 rings (SSSR count). The number of aromatic carboxylic acids is 1. The van der Waals surface area contributed by atoms with Crippen molar-refractivity contribution < 1.29 is 32.7 Å². The van der Waals surface area contributed by atoms with Crippen LogP contribution in [0.15, 0.2) is 66.7 Å². The van der Waals surface area contributed by atoms with Crippen molar-refractivity contribution in [1.82, 2.24) is 5.32 Å². The summed E-state index contributed by atoms with van der Waals surface area (Å²) in [7, 11) is 1.50. The van der Waals surface area contributed by atoms with Crippen molar-refractivity contribution in [1.29, 1.82) is 0 Å². The minimum atomic E-state index is -4.57. The van der Waals surface area contributed by atoms with Gasteiger partial charge in [-0.25, -0.2) is 4.79 Å². The highest BCUT2D eigenvalue weighted by Gasteiger charge is 2.44. The van der Waals surface area contributed by atoms with Gasteiger partial charge in [-0.3, -0.25) is 9.59 Å². The molecule has 4 aromatic rings. The van der Waals surface area contributed by atoms with Gasteiger partial charge in [0.2, 0.25) is 0 Å². The van der Waals surface area contributed by atoms with E-state index in [9.17, 15) is 32.7 Å². The highest BCUT2D eigenvalue weighted by molar-refractivity contribution is 6.11. The highest BCUT2D eigenvalue weighted by atomic mass is 19.4. The second kappa shape index (κ2) is 12.4. The number of carbonyl (C=O) groups excluding carboxylic acids is 2. The van der Waals surface area contributed by atoms with Crippen LogP contribution in [-0.4, -0.2) is 36.1 Å². The van der Waals surface area contributed by atoms with Crippen LogP contribution in [0, 0.1) is 34.6 Å². The van der Waals surface area contributed by atoms with E-state index in [1.165, 1.54) is 31.3 Å². The average molecular weight is 603 g/mol. The fourth-order valence-corrected chi connectivity index (χ4v) is 5.90. The number of carboxylic acids is 1. The van der Waals surface area contributed by atoms with Crippen LogP contribution in [0.5, 0.6) is 0 Å². The Balaban J connectivity index is 1.75. The lowest BCUT2D eigenvalue weighted by Gasteiger charge is -2.28. The van der Waals surface area contributed by atoms with Crippen molar-refractivity contribution in [2.75, 3.05) is 12.4 Å². The van der Waals surface area contributed by atoms with Gasteiger partial charge in [0, 0.05) is 18.3 Å². The van der Waals surface area contributed by atoms with E-state index in [-0.39, 0.29) is 33.8 Å². The molecule has 1 unspecified atom stereocenters. The molecule has 0 aliphatic rings. The van der Waals surface area contributed by atoms with E-state index in [4.69, 9.17) is 0 Å². The van der Waals surface area contributed by atoms with Gasteiger partial charge in [0.15, 0.2) is 0 Å². The number of nitrogens with one attached hydrogen (secondary N) is 2. The van der Waals surface area contributed by atoms with Crippen molar-refractivity contribution in [2.24, 2.45) is 0 Å². The Hall–Kier alpha value is -4.92. The highest BCUT2D eigenvalue weighted by Crippen LogP contribution is 2.45. The van der Waals surface area contributed by atoms with Gasteiger partial charge in [-0.1, -0.05) is 35.9 Å². The first-order valence-electron chi connectivity index (χ1n) is 13.9. The number of rotatable bonds is 7. The normalized spacial score (nSPS) is 12.0. The smallest absolute Gasteiger partial charge is 0.399 e. The molecule has 0 bridgehead atoms. The Labute approximate surface area is 253 Å². The molecule has 4 aromatic carbocycles. The summed E-state index contributed by atoms with van der Waals surface area (Å²) in [5.74, 6) is -4.23. The van der Waals surface area contributed by atoms with E-state index in [0.29, 0.717) is 38.9 Å². The van der Waals surface area contributed by atoms with Crippen LogP contribution >= 0.6 is 0 Å². The molecule has 0 radical (unpaired) electrons. The molecule has 0 heterocycles. The SMILES string of the molecule is CNC(=O)c1cccc(-c2ccc(C(=O)O)c(C(=O)Nc3cc(C)c(C(c4c(C)cc(C)cc4C)C(F)(F)F)c(C)c3)c2)c1. The number of carbonyl (C=O) groups is 3. The van der Waals surface area contributed by atoms with Crippen molar-refractivity contribution in [3.05, 3.63) is 122 Å². The third-order valence-corrected chi connectivity index (χ3v) is 7.67. The maximum Gasteiger partial charge on any atom is 0.399 e. The number of benzene rings is 4. The lowest BCUT2D eigenvalue weighted by Crippen LogP contribution is -2.26. The molecule has 0 saturated heterocycles. The van der Waals surface area contributed by atoms with E-state index in [1.54, 1.807) is 70.2 Å². The summed E-state index contributed by atoms with van der Waals surface area (Å²) in [5.41, 5.74) is 4.27. The molecule has 3 N–H and O–H groups in total. The summed E-state index contributed by atoms with van der Waals surface area (Å²) in [6.45, 7) is 8.33. The minimum absolute atomic E-state index is 0.106. The van der Waals surface area contributed by atoms with Gasteiger partial charge in [0.05, 0.1) is 11.1 Å². The zero-order valence-electron chi connectivity index (χ0n) is 25.2. The molecular formula is C35H33F3N2O4. The maximum atomic E-state index is 14.7. The van der Waals surface area contributed by atoms with Gasteiger partial charge in [0.1, 0.15) is 5.92 Å². The number of anilines is 1. The Bertz CT molecular complexity index is 1750. The number of hydrogen-bond acceptors (Lipinski definition) is 3. The first-order valence-corrected chi connectivity index (χ1v) is 13.9. The zero-order chi connectivity index (χ0) is 32.5. The van der Waals surface area contributed by atoms with Crippen molar-refractivity contribution in [3.63, 3.8) is 0 Å². The fourth-order valence-electron chi connectivity index (χ4n) is 5.90. The van der Waals surface area contributed by atoms with Crippen LogP contribution in [0.1, 0.15) is 75.9 Å². The minimum Gasteiger partial charge on any atom is -0.478 e. The summed E-state index contributed by atoms with van der Waals surface area (Å²) in [5, 5.41) is 15.0. The average Bonchev–Trinajstić information content (AvgIpc) is 2.94. The molecule has 228 valence electrons. The third kappa shape index (κ3) is 6.51. The molecule has 0 aromatic heterocycles. The summed E-state index contributed by atoms with van der Waals surface area (Å²) >= 11 is 0. The lowest BCUT2D eigenvalue weighted by atomic mass is 9.80. The van der Waals surface area contributed by atoms with Gasteiger partial charge in [-0.05, 0) is 116 Å². The third-order valence-electron chi connectivity index (χ3n) is 7.67. The molecule has 0 aliphatic heterocycles. The number of aryl methyl sites for hydroxylation is 5. The quantitative estimate of drug-likeness (QED) is 0.200. The molecule has 9 heteroatoms. The Morgan fingerprint density at radius 3 is 1.77 bits per heavy atom. The topological polar surface area (TPSA) is 95.5 Å². The van der Waals surface area contributed by atoms with E-state index >= 15 is 0 Å². The number of amides is 2. The standard InChI is InChI=1S/C35H33F3N2O4/c1-18-12-19(2)29(20(3)13-18)31(35(36,37)38)30-21(4)14-26(15-22(30)5)40-33(42)28-17-24(10-11-27(28)34(43)44)23-8-7-9-25(16-23)32(41)39-6/h7-17,31H,1-6H3,(H,39,41)(H,40,42)(H,43,44). The van der Waals surface area contributed by atoms with Crippen LogP contribution in [0.4, 0.5) is 18.9 Å². The summed E-state index contributed by atoms with van der Waals surface area (Å²) in [4.78, 5) is 37.6. The first-order chi connectivity index (χ1) is 20.6. The lowest BCUT2D eigenvalue weighted by molar-refractivity contribution is -0.141. The van der Waals surface area contributed by atoms with Crippen LogP contribution < -0.4 is 10.6 Å². The number of hydrogen-bond donors (Lipinski definition) is 3. The number of carboxylic acid groups (broad SMARTS) is 1. The van der Waals surface area contributed by atoms with Gasteiger partial charge in [0.25, 0.3) is 11.8 Å². The second-order valence-electron chi connectivity index (χ2n) is 11.0. The van der Waals surface area contributed by atoms with Crippen molar-refractivity contribution in [3.8, 4) is 11.1 Å². The van der Waals surface area contributed by atoms with Crippen LogP contribution in [0.25, 0.3) is 11.1 Å². The Morgan fingerprint density at radius 1 is 0.705 bits per heavy atom. The molecule has 1 atom stereocenters. The van der Waals surface area contributed by atoms with E-state index in [1.807, 2.05) is 6.92 Å². The molecule has 44 heavy (non-hydrogen) atoms. The molecule has 2 amide bonds. The Morgan fingerprint density at radius 2 is 1.25 bits per heavy atom.